The molecule has 3 saturated carbocycles. The molecule has 3 aliphatic rings. The lowest BCUT2D eigenvalue weighted by Crippen LogP contribution is -2.53. The van der Waals surface area contributed by atoms with Crippen LogP contribution in [-0.2, 0) is 11.3 Å². The van der Waals surface area contributed by atoms with Crippen LogP contribution in [-0.4, -0.2) is 17.1 Å². The van der Waals surface area contributed by atoms with E-state index in [4.69, 9.17) is 14.9 Å². The molecule has 26 heavy (non-hydrogen) atoms. The number of benzene rings is 2. The summed E-state index contributed by atoms with van der Waals surface area (Å²) in [7, 11) is 0. The molecule has 4 nitrogen and oxygen atoms in total. The van der Waals surface area contributed by atoms with E-state index in [1.54, 1.807) is 0 Å². The van der Waals surface area contributed by atoms with Crippen molar-refractivity contribution < 1.29 is 9.15 Å². The van der Waals surface area contributed by atoms with Gasteiger partial charge in [0.15, 0.2) is 5.58 Å². The van der Waals surface area contributed by atoms with E-state index in [1.807, 2.05) is 24.3 Å². The molecule has 0 spiro atoms. The van der Waals surface area contributed by atoms with Crippen molar-refractivity contribution in [3.05, 3.63) is 54.1 Å². The third-order valence-corrected chi connectivity index (χ3v) is 6.14. The molecule has 2 bridgehead atoms. The molecule has 6 rings (SSSR count). The fourth-order valence-corrected chi connectivity index (χ4v) is 4.62. The first-order valence-corrected chi connectivity index (χ1v) is 9.60. The standard InChI is InChI=1S/C22H24N2O2/c23-20-15-9-11-16(12-10-15)21(20)25-13-14-5-7-17(8-6-14)22-24-18-3-1-2-4-19(18)26-22/h1-8,15-16,20-21H,9-13,23H2/t15?,16?,20-,21-/m1/s1. The van der Waals surface area contributed by atoms with E-state index >= 15 is 0 Å². The first kappa shape index (κ1) is 16.0. The van der Waals surface area contributed by atoms with Crippen LogP contribution in [0.2, 0.25) is 0 Å². The molecular formula is C22H24N2O2. The second-order valence-electron chi connectivity index (χ2n) is 7.71. The van der Waals surface area contributed by atoms with Gasteiger partial charge in [-0.15, -0.1) is 0 Å². The quantitative estimate of drug-likeness (QED) is 0.752. The maximum Gasteiger partial charge on any atom is 0.227 e. The zero-order chi connectivity index (χ0) is 17.5. The molecule has 0 radical (unpaired) electrons. The van der Waals surface area contributed by atoms with Crippen molar-refractivity contribution in [2.75, 3.05) is 0 Å². The number of ether oxygens (including phenoxy) is 1. The fourth-order valence-electron chi connectivity index (χ4n) is 4.62. The monoisotopic (exact) mass is 348 g/mol. The number of rotatable bonds is 4. The van der Waals surface area contributed by atoms with Crippen LogP contribution >= 0.6 is 0 Å². The van der Waals surface area contributed by atoms with E-state index in [-0.39, 0.29) is 12.1 Å². The van der Waals surface area contributed by atoms with Crippen LogP contribution in [0.25, 0.3) is 22.6 Å². The van der Waals surface area contributed by atoms with E-state index in [2.05, 4.69) is 29.2 Å². The molecule has 0 aliphatic heterocycles. The van der Waals surface area contributed by atoms with Gasteiger partial charge in [0.1, 0.15) is 5.52 Å². The van der Waals surface area contributed by atoms with Crippen LogP contribution < -0.4 is 5.73 Å². The van der Waals surface area contributed by atoms with Crippen molar-refractivity contribution in [3.63, 3.8) is 0 Å². The zero-order valence-corrected chi connectivity index (χ0v) is 14.8. The van der Waals surface area contributed by atoms with Gasteiger partial charge in [-0.2, -0.15) is 0 Å². The second kappa shape index (κ2) is 6.53. The van der Waals surface area contributed by atoms with Gasteiger partial charge < -0.3 is 14.9 Å². The molecule has 2 aromatic carbocycles. The number of hydrogen-bond acceptors (Lipinski definition) is 4. The molecule has 0 amide bonds. The number of para-hydroxylation sites is 2. The molecule has 0 saturated heterocycles. The number of nitrogens with zero attached hydrogens (tertiary/aromatic N) is 1. The van der Waals surface area contributed by atoms with Crippen LogP contribution in [0, 0.1) is 11.8 Å². The van der Waals surface area contributed by atoms with Crippen molar-refractivity contribution in [3.8, 4) is 11.5 Å². The van der Waals surface area contributed by atoms with E-state index in [9.17, 15) is 0 Å². The molecule has 134 valence electrons. The molecule has 1 heterocycles. The molecular weight excluding hydrogens is 324 g/mol. The Morgan fingerprint density at radius 3 is 2.42 bits per heavy atom. The maximum atomic E-state index is 6.42. The van der Waals surface area contributed by atoms with Crippen molar-refractivity contribution >= 4 is 11.1 Å². The highest BCUT2D eigenvalue weighted by molar-refractivity contribution is 5.75. The average molecular weight is 348 g/mol. The summed E-state index contributed by atoms with van der Waals surface area (Å²) in [6.07, 6.45) is 5.34. The minimum Gasteiger partial charge on any atom is -0.436 e. The number of aromatic nitrogens is 1. The molecule has 4 heteroatoms. The highest BCUT2D eigenvalue weighted by Gasteiger charge is 2.42. The Morgan fingerprint density at radius 1 is 0.962 bits per heavy atom. The first-order chi connectivity index (χ1) is 12.8. The van der Waals surface area contributed by atoms with E-state index in [0.29, 0.717) is 24.3 Å². The van der Waals surface area contributed by atoms with Crippen molar-refractivity contribution in [1.82, 2.24) is 4.98 Å². The minimum atomic E-state index is 0.210. The predicted octanol–water partition coefficient (Wildman–Crippen LogP) is 4.53. The summed E-state index contributed by atoms with van der Waals surface area (Å²) >= 11 is 0. The second-order valence-corrected chi connectivity index (χ2v) is 7.71. The summed E-state index contributed by atoms with van der Waals surface area (Å²) in [5.74, 6) is 1.96. The van der Waals surface area contributed by atoms with Gasteiger partial charge in [-0.3, -0.25) is 0 Å². The van der Waals surface area contributed by atoms with E-state index < -0.39 is 0 Å². The number of oxazole rings is 1. The van der Waals surface area contributed by atoms with Gasteiger partial charge in [-0.25, -0.2) is 4.98 Å². The number of fused-ring (bicyclic) bond motifs is 4. The SMILES string of the molecule is N[C@@H]1C2CCC(CC2)[C@H]1OCc1ccc(-c2nc3ccccc3o2)cc1. The Balaban J connectivity index is 1.28. The number of nitrogens with two attached hydrogens (primary N) is 1. The van der Waals surface area contributed by atoms with Gasteiger partial charge >= 0.3 is 0 Å². The van der Waals surface area contributed by atoms with E-state index in [0.717, 1.165) is 16.7 Å². The molecule has 2 N–H and O–H groups in total. The van der Waals surface area contributed by atoms with Gasteiger partial charge in [0.2, 0.25) is 5.89 Å². The Hall–Kier alpha value is -2.17. The molecule has 2 atom stereocenters. The van der Waals surface area contributed by atoms with Crippen LogP contribution in [0.1, 0.15) is 31.2 Å². The Bertz CT molecular complexity index is 859. The van der Waals surface area contributed by atoms with Crippen molar-refractivity contribution in [1.29, 1.82) is 0 Å². The Morgan fingerprint density at radius 2 is 1.69 bits per heavy atom. The molecule has 3 aromatic rings. The third kappa shape index (κ3) is 2.83. The van der Waals surface area contributed by atoms with Crippen LogP contribution in [0.15, 0.2) is 52.9 Å². The average Bonchev–Trinajstić information content (AvgIpc) is 3.13. The van der Waals surface area contributed by atoms with Gasteiger partial charge in [0.05, 0.1) is 12.7 Å². The summed E-state index contributed by atoms with van der Waals surface area (Å²) in [5.41, 5.74) is 10.3. The van der Waals surface area contributed by atoms with Gasteiger partial charge in [0, 0.05) is 11.6 Å². The smallest absolute Gasteiger partial charge is 0.227 e. The first-order valence-electron chi connectivity index (χ1n) is 9.60. The molecule has 0 unspecified atom stereocenters. The molecule has 1 aromatic heterocycles. The lowest BCUT2D eigenvalue weighted by atomic mass is 9.66. The molecule has 3 aliphatic carbocycles. The Labute approximate surface area is 153 Å². The fraction of sp³-hybridized carbons (Fsp3) is 0.409. The van der Waals surface area contributed by atoms with Crippen LogP contribution in [0.4, 0.5) is 0 Å². The van der Waals surface area contributed by atoms with E-state index in [1.165, 1.54) is 31.2 Å². The zero-order valence-electron chi connectivity index (χ0n) is 14.8. The number of hydrogen-bond donors (Lipinski definition) is 1. The van der Waals surface area contributed by atoms with Gasteiger partial charge in [0.25, 0.3) is 0 Å². The lowest BCUT2D eigenvalue weighted by molar-refractivity contribution is -0.0769. The largest absolute Gasteiger partial charge is 0.436 e. The Kier molecular flexibility index (Phi) is 4.03. The van der Waals surface area contributed by atoms with Gasteiger partial charge in [-0.1, -0.05) is 24.3 Å². The summed E-state index contributed by atoms with van der Waals surface area (Å²) in [4.78, 5) is 4.55. The predicted molar refractivity (Wildman–Crippen MR) is 101 cm³/mol. The highest BCUT2D eigenvalue weighted by atomic mass is 16.5. The summed E-state index contributed by atoms with van der Waals surface area (Å²) in [5, 5.41) is 0. The third-order valence-electron chi connectivity index (χ3n) is 6.14. The van der Waals surface area contributed by atoms with Crippen LogP contribution in [0.5, 0.6) is 0 Å². The van der Waals surface area contributed by atoms with Crippen molar-refractivity contribution in [2.45, 2.75) is 44.4 Å². The summed E-state index contributed by atoms with van der Waals surface area (Å²) < 4.78 is 12.1. The maximum absolute atomic E-state index is 6.42. The normalized spacial score (nSPS) is 27.9. The lowest BCUT2D eigenvalue weighted by Gasteiger charge is -2.46. The molecule has 3 fully saturated rings. The van der Waals surface area contributed by atoms with Crippen molar-refractivity contribution in [2.24, 2.45) is 17.6 Å². The summed E-state index contributed by atoms with van der Waals surface area (Å²) in [6, 6.07) is 16.3. The highest BCUT2D eigenvalue weighted by Crippen LogP contribution is 2.42. The van der Waals surface area contributed by atoms with Gasteiger partial charge in [-0.05, 0) is 67.3 Å². The van der Waals surface area contributed by atoms with Crippen LogP contribution in [0.3, 0.4) is 0 Å². The topological polar surface area (TPSA) is 61.3 Å². The summed E-state index contributed by atoms with van der Waals surface area (Å²) in [6.45, 7) is 0.620. The minimum absolute atomic E-state index is 0.210.